The van der Waals surface area contributed by atoms with Crippen molar-refractivity contribution in [3.8, 4) is 5.69 Å². The second-order valence-electron chi connectivity index (χ2n) is 6.82. The third kappa shape index (κ3) is 4.21. The van der Waals surface area contributed by atoms with E-state index in [1.165, 1.54) is 0 Å². The summed E-state index contributed by atoms with van der Waals surface area (Å²) >= 11 is 5.96. The fraction of sp³-hybridized carbons (Fsp3) is 0.300. The highest BCUT2D eigenvalue weighted by molar-refractivity contribution is 6.30. The lowest BCUT2D eigenvalue weighted by atomic mass is 10.1. The van der Waals surface area contributed by atoms with Gasteiger partial charge in [0, 0.05) is 11.6 Å². The van der Waals surface area contributed by atoms with Crippen LogP contribution in [0.2, 0.25) is 5.02 Å². The maximum Gasteiger partial charge on any atom is 0.237 e. The molecule has 0 radical (unpaired) electrons. The predicted molar refractivity (Wildman–Crippen MR) is 106 cm³/mol. The topological polar surface area (TPSA) is 75.9 Å². The van der Waals surface area contributed by atoms with Crippen LogP contribution < -0.4 is 5.32 Å². The molecule has 2 aromatic carbocycles. The number of rotatable bonds is 6. The quantitative estimate of drug-likeness (QED) is 0.693. The second-order valence-corrected chi connectivity index (χ2v) is 7.25. The molecule has 4 rings (SSSR count). The molecule has 8 heteroatoms. The van der Waals surface area contributed by atoms with Crippen molar-refractivity contribution < 1.29 is 4.79 Å². The molecule has 0 bridgehead atoms. The number of likely N-dealkylation sites (tertiary alicyclic amines) is 1. The van der Waals surface area contributed by atoms with Crippen LogP contribution in [0.25, 0.3) is 5.69 Å². The minimum Gasteiger partial charge on any atom is -0.347 e. The summed E-state index contributed by atoms with van der Waals surface area (Å²) in [5.41, 5.74) is 2.01. The first-order valence-electron chi connectivity index (χ1n) is 9.29. The number of aromatic nitrogens is 4. The fourth-order valence-corrected chi connectivity index (χ4v) is 3.63. The Hall–Kier alpha value is -2.77. The van der Waals surface area contributed by atoms with E-state index in [9.17, 15) is 4.79 Å². The lowest BCUT2D eigenvalue weighted by Gasteiger charge is -2.23. The Bertz CT molecular complexity index is 927. The Kier molecular flexibility index (Phi) is 5.64. The number of benzene rings is 2. The molecule has 1 amide bonds. The van der Waals surface area contributed by atoms with Crippen molar-refractivity contribution in [2.45, 2.75) is 32.0 Å². The zero-order chi connectivity index (χ0) is 19.3. The molecule has 144 valence electrons. The van der Waals surface area contributed by atoms with Crippen LogP contribution in [0.3, 0.4) is 0 Å². The molecule has 1 aliphatic heterocycles. The molecule has 0 saturated carbocycles. The number of amides is 1. The van der Waals surface area contributed by atoms with Crippen molar-refractivity contribution >= 4 is 17.5 Å². The van der Waals surface area contributed by atoms with E-state index in [1.54, 1.807) is 4.68 Å². The van der Waals surface area contributed by atoms with Gasteiger partial charge in [0.05, 0.1) is 18.3 Å². The van der Waals surface area contributed by atoms with Crippen LogP contribution in [0.15, 0.2) is 54.6 Å². The Labute approximate surface area is 168 Å². The molecule has 1 aromatic heterocycles. The highest BCUT2D eigenvalue weighted by atomic mass is 35.5. The van der Waals surface area contributed by atoms with Crippen LogP contribution in [-0.2, 0) is 17.9 Å². The third-order valence-corrected chi connectivity index (χ3v) is 5.17. The van der Waals surface area contributed by atoms with Gasteiger partial charge in [0.1, 0.15) is 0 Å². The minimum atomic E-state index is -0.142. The monoisotopic (exact) mass is 396 g/mol. The molecule has 28 heavy (non-hydrogen) atoms. The average Bonchev–Trinajstić information content (AvgIpc) is 3.38. The molecule has 1 unspecified atom stereocenters. The smallest absolute Gasteiger partial charge is 0.237 e. The van der Waals surface area contributed by atoms with Gasteiger partial charge in [0.25, 0.3) is 0 Å². The number of carbonyl (C=O) groups is 1. The van der Waals surface area contributed by atoms with Crippen LogP contribution in [0.1, 0.15) is 24.2 Å². The molecule has 1 fully saturated rings. The van der Waals surface area contributed by atoms with Gasteiger partial charge in [-0.1, -0.05) is 41.9 Å². The van der Waals surface area contributed by atoms with Gasteiger partial charge in [0.15, 0.2) is 5.82 Å². The van der Waals surface area contributed by atoms with Gasteiger partial charge in [0.2, 0.25) is 5.91 Å². The minimum absolute atomic E-state index is 0.00840. The molecule has 1 aliphatic rings. The van der Waals surface area contributed by atoms with Gasteiger partial charge in [-0.2, -0.15) is 4.68 Å². The maximum atomic E-state index is 12.8. The molecule has 1 N–H and O–H groups in total. The Morgan fingerprint density at radius 3 is 2.71 bits per heavy atom. The van der Waals surface area contributed by atoms with Crippen LogP contribution in [0.5, 0.6) is 0 Å². The van der Waals surface area contributed by atoms with Crippen molar-refractivity contribution in [1.82, 2.24) is 30.4 Å². The number of hydrogen-bond donors (Lipinski definition) is 1. The van der Waals surface area contributed by atoms with E-state index in [0.29, 0.717) is 5.82 Å². The number of para-hydroxylation sites is 1. The van der Waals surface area contributed by atoms with Crippen LogP contribution in [0, 0.1) is 0 Å². The standard InChI is InChI=1S/C20H21ClN6O/c21-16-10-8-15(9-11-16)14-26-12-4-7-18(26)20(28)22-13-19-23-24-25-27(19)17-5-2-1-3-6-17/h1-3,5-6,8-11,18H,4,7,12-14H2,(H,22,28). The number of hydrogen-bond acceptors (Lipinski definition) is 5. The zero-order valence-electron chi connectivity index (χ0n) is 15.3. The normalized spacial score (nSPS) is 17.0. The Morgan fingerprint density at radius 2 is 1.93 bits per heavy atom. The number of halogens is 1. The molecule has 1 saturated heterocycles. The van der Waals surface area contributed by atoms with E-state index in [4.69, 9.17) is 11.6 Å². The summed E-state index contributed by atoms with van der Waals surface area (Å²) in [6, 6.07) is 17.3. The zero-order valence-corrected chi connectivity index (χ0v) is 16.1. The summed E-state index contributed by atoms with van der Waals surface area (Å²) in [7, 11) is 0. The molecular formula is C20H21ClN6O. The molecule has 2 heterocycles. The molecular weight excluding hydrogens is 376 g/mol. The first-order chi connectivity index (χ1) is 13.7. The molecule has 7 nitrogen and oxygen atoms in total. The first-order valence-corrected chi connectivity index (χ1v) is 9.67. The highest BCUT2D eigenvalue weighted by Gasteiger charge is 2.30. The van der Waals surface area contributed by atoms with Gasteiger partial charge < -0.3 is 5.32 Å². The molecule has 3 aromatic rings. The highest BCUT2D eigenvalue weighted by Crippen LogP contribution is 2.21. The van der Waals surface area contributed by atoms with Crippen molar-refractivity contribution in [3.63, 3.8) is 0 Å². The van der Waals surface area contributed by atoms with Gasteiger partial charge in [-0.15, -0.1) is 5.10 Å². The second kappa shape index (κ2) is 8.50. The maximum absolute atomic E-state index is 12.8. The summed E-state index contributed by atoms with van der Waals surface area (Å²) in [6.45, 7) is 1.92. The summed E-state index contributed by atoms with van der Waals surface area (Å²) < 4.78 is 1.64. The number of nitrogens with one attached hydrogen (secondary N) is 1. The van der Waals surface area contributed by atoms with E-state index >= 15 is 0 Å². The van der Waals surface area contributed by atoms with Gasteiger partial charge >= 0.3 is 0 Å². The van der Waals surface area contributed by atoms with E-state index in [-0.39, 0.29) is 18.5 Å². The van der Waals surface area contributed by atoms with Crippen LogP contribution >= 0.6 is 11.6 Å². The molecule has 1 atom stereocenters. The lowest BCUT2D eigenvalue weighted by Crippen LogP contribution is -2.42. The summed E-state index contributed by atoms with van der Waals surface area (Å²) in [4.78, 5) is 15.0. The van der Waals surface area contributed by atoms with E-state index in [1.807, 2.05) is 54.6 Å². The van der Waals surface area contributed by atoms with Gasteiger partial charge in [-0.25, -0.2) is 0 Å². The summed E-state index contributed by atoms with van der Waals surface area (Å²) in [6.07, 6.45) is 1.86. The van der Waals surface area contributed by atoms with Crippen molar-refractivity contribution in [3.05, 3.63) is 71.0 Å². The molecule has 0 aliphatic carbocycles. The van der Waals surface area contributed by atoms with Crippen molar-refractivity contribution in [1.29, 1.82) is 0 Å². The fourth-order valence-electron chi connectivity index (χ4n) is 3.51. The lowest BCUT2D eigenvalue weighted by molar-refractivity contribution is -0.125. The van der Waals surface area contributed by atoms with Crippen molar-refractivity contribution in [2.24, 2.45) is 0 Å². The van der Waals surface area contributed by atoms with Crippen molar-refractivity contribution in [2.75, 3.05) is 6.54 Å². The largest absolute Gasteiger partial charge is 0.347 e. The van der Waals surface area contributed by atoms with E-state index < -0.39 is 0 Å². The van der Waals surface area contributed by atoms with Crippen LogP contribution in [-0.4, -0.2) is 43.6 Å². The molecule has 0 spiro atoms. The van der Waals surface area contributed by atoms with Crippen LogP contribution in [0.4, 0.5) is 0 Å². The average molecular weight is 397 g/mol. The van der Waals surface area contributed by atoms with E-state index in [0.717, 1.165) is 42.2 Å². The number of carbonyl (C=O) groups excluding carboxylic acids is 1. The Morgan fingerprint density at radius 1 is 1.14 bits per heavy atom. The van der Waals surface area contributed by atoms with Gasteiger partial charge in [-0.3, -0.25) is 9.69 Å². The summed E-state index contributed by atoms with van der Waals surface area (Å²) in [5, 5.41) is 15.5. The predicted octanol–water partition coefficient (Wildman–Crippen LogP) is 2.60. The third-order valence-electron chi connectivity index (χ3n) is 4.92. The number of nitrogens with zero attached hydrogens (tertiary/aromatic N) is 5. The number of tetrazole rings is 1. The Balaban J connectivity index is 1.38. The van der Waals surface area contributed by atoms with E-state index in [2.05, 4.69) is 25.7 Å². The SMILES string of the molecule is O=C(NCc1nnnn1-c1ccccc1)C1CCCN1Cc1ccc(Cl)cc1. The van der Waals surface area contributed by atoms with Gasteiger partial charge in [-0.05, 0) is 59.6 Å². The summed E-state index contributed by atoms with van der Waals surface area (Å²) in [5.74, 6) is 0.607. The first kappa shape index (κ1) is 18.6.